The largest absolute Gasteiger partial charge is 0.493 e. The Labute approximate surface area is 229 Å². The maximum absolute atomic E-state index is 14.0. The number of ether oxygens (including phenoxy) is 5. The number of anilines is 2. The maximum Gasteiger partial charge on any atom is 0.279 e. The number of hydrogen-bond acceptors (Lipinski definition) is 10. The number of nitrogens with zero attached hydrogens (tertiary/aromatic N) is 1. The van der Waals surface area contributed by atoms with Crippen LogP contribution in [-0.2, 0) is 4.79 Å². The summed E-state index contributed by atoms with van der Waals surface area (Å²) in [5.74, 6) is 1.83. The van der Waals surface area contributed by atoms with Crippen LogP contribution in [-0.4, -0.2) is 38.8 Å². The first-order chi connectivity index (χ1) is 19.4. The summed E-state index contributed by atoms with van der Waals surface area (Å²) in [6.45, 7) is -0.0260. The molecule has 2 aliphatic heterocycles. The number of carbonyl (C=O) groups excluding carboxylic acids is 1. The molecule has 1 aliphatic carbocycles. The molecule has 0 unspecified atom stereocenters. The van der Waals surface area contributed by atoms with Crippen molar-refractivity contribution in [2.45, 2.75) is 24.8 Å². The molecule has 3 aromatic rings. The number of nitro benzene ring substituents is 1. The van der Waals surface area contributed by atoms with E-state index in [1.54, 1.807) is 20.3 Å². The minimum atomic E-state index is -0.797. The summed E-state index contributed by atoms with van der Waals surface area (Å²) in [6, 6.07) is 13.4. The van der Waals surface area contributed by atoms with Gasteiger partial charge in [-0.2, -0.15) is 0 Å². The van der Waals surface area contributed by atoms with Gasteiger partial charge in [0.15, 0.2) is 28.8 Å². The lowest BCUT2D eigenvalue weighted by molar-refractivity contribution is -0.385. The van der Waals surface area contributed by atoms with Crippen LogP contribution in [0.5, 0.6) is 28.7 Å². The highest BCUT2D eigenvalue weighted by Crippen LogP contribution is 2.49. The van der Waals surface area contributed by atoms with Crippen molar-refractivity contribution in [3.8, 4) is 28.7 Å². The van der Waals surface area contributed by atoms with E-state index in [9.17, 15) is 14.9 Å². The Hall–Kier alpha value is -4.93. The Balaban J connectivity index is 1.49. The third-order valence-corrected chi connectivity index (χ3v) is 7.50. The van der Waals surface area contributed by atoms with Gasteiger partial charge in [0.1, 0.15) is 0 Å². The molecule has 0 aromatic heterocycles. The van der Waals surface area contributed by atoms with Gasteiger partial charge in [0.25, 0.3) is 5.69 Å². The molecule has 2 heterocycles. The Bertz CT molecular complexity index is 1540. The molecule has 40 heavy (non-hydrogen) atoms. The summed E-state index contributed by atoms with van der Waals surface area (Å²) in [5.41, 5.74) is 3.62. The Morgan fingerprint density at radius 3 is 2.25 bits per heavy atom. The molecule has 0 saturated heterocycles. The summed E-state index contributed by atoms with van der Waals surface area (Å²) in [6.07, 6.45) is 0.663. The van der Waals surface area contributed by atoms with Crippen molar-refractivity contribution in [3.05, 3.63) is 81.0 Å². The van der Waals surface area contributed by atoms with Crippen molar-refractivity contribution in [2.75, 3.05) is 38.8 Å². The second kappa shape index (κ2) is 9.99. The van der Waals surface area contributed by atoms with E-state index in [2.05, 4.69) is 10.6 Å². The molecule has 11 heteroatoms. The molecule has 0 fully saturated rings. The van der Waals surface area contributed by atoms with Gasteiger partial charge in [-0.25, -0.2) is 0 Å². The van der Waals surface area contributed by atoms with E-state index < -0.39 is 11.0 Å². The van der Waals surface area contributed by atoms with E-state index in [-0.39, 0.29) is 30.6 Å². The molecule has 0 radical (unpaired) electrons. The monoisotopic (exact) mass is 545 g/mol. The molecule has 2 atom stereocenters. The van der Waals surface area contributed by atoms with E-state index in [0.29, 0.717) is 57.7 Å². The van der Waals surface area contributed by atoms with Gasteiger partial charge in [-0.15, -0.1) is 0 Å². The number of Topliss-reactive ketones (excluding diaryl/α,β-unsaturated/α-hetero) is 1. The number of ketones is 1. The number of carbonyl (C=O) groups is 1. The van der Waals surface area contributed by atoms with Crippen LogP contribution in [0.3, 0.4) is 0 Å². The van der Waals surface area contributed by atoms with Crippen molar-refractivity contribution in [1.29, 1.82) is 0 Å². The first-order valence-corrected chi connectivity index (χ1v) is 12.7. The average Bonchev–Trinajstić information content (AvgIpc) is 3.35. The smallest absolute Gasteiger partial charge is 0.279 e. The molecule has 3 aromatic carbocycles. The number of methoxy groups -OCH3 is 3. The lowest BCUT2D eigenvalue weighted by Gasteiger charge is -2.30. The minimum Gasteiger partial charge on any atom is -0.493 e. The van der Waals surface area contributed by atoms with E-state index in [1.165, 1.54) is 13.2 Å². The van der Waals surface area contributed by atoms with Crippen LogP contribution >= 0.6 is 0 Å². The second-order valence-electron chi connectivity index (χ2n) is 9.65. The summed E-state index contributed by atoms with van der Waals surface area (Å²) < 4.78 is 27.5. The Morgan fingerprint density at radius 1 is 0.925 bits per heavy atom. The van der Waals surface area contributed by atoms with Crippen LogP contribution in [0.2, 0.25) is 0 Å². The van der Waals surface area contributed by atoms with Crippen LogP contribution in [0.1, 0.15) is 35.9 Å². The molecule has 0 spiro atoms. The molecule has 0 saturated carbocycles. The van der Waals surface area contributed by atoms with Crippen LogP contribution in [0.15, 0.2) is 59.8 Å². The van der Waals surface area contributed by atoms with Crippen molar-refractivity contribution in [3.63, 3.8) is 0 Å². The summed E-state index contributed by atoms with van der Waals surface area (Å²) >= 11 is 0. The number of nitro groups is 1. The number of para-hydroxylation sites is 2. The summed E-state index contributed by atoms with van der Waals surface area (Å²) in [7, 11) is 4.63. The number of hydrogen-bond donors (Lipinski definition) is 2. The fraction of sp³-hybridized carbons (Fsp3) is 0.276. The molecule has 3 aliphatic rings. The topological polar surface area (TPSA) is 130 Å². The summed E-state index contributed by atoms with van der Waals surface area (Å²) in [5, 5.41) is 19.0. The fourth-order valence-electron chi connectivity index (χ4n) is 5.63. The predicted molar refractivity (Wildman–Crippen MR) is 146 cm³/mol. The van der Waals surface area contributed by atoms with Gasteiger partial charge in [0.05, 0.1) is 55.3 Å². The molecule has 2 N–H and O–H groups in total. The first-order valence-electron chi connectivity index (χ1n) is 12.7. The lowest BCUT2D eigenvalue weighted by atomic mass is 9.78. The van der Waals surface area contributed by atoms with Crippen molar-refractivity contribution in [2.24, 2.45) is 0 Å². The third kappa shape index (κ3) is 4.19. The lowest BCUT2D eigenvalue weighted by Crippen LogP contribution is -2.27. The highest BCUT2D eigenvalue weighted by Gasteiger charge is 2.40. The van der Waals surface area contributed by atoms with Gasteiger partial charge >= 0.3 is 0 Å². The number of allylic oxidation sites excluding steroid dienone is 1. The highest BCUT2D eigenvalue weighted by molar-refractivity contribution is 6.01. The van der Waals surface area contributed by atoms with E-state index in [4.69, 9.17) is 23.7 Å². The maximum atomic E-state index is 14.0. The Kier molecular flexibility index (Phi) is 6.33. The first kappa shape index (κ1) is 25.4. The zero-order valence-electron chi connectivity index (χ0n) is 22.1. The van der Waals surface area contributed by atoms with Crippen LogP contribution < -0.4 is 34.3 Å². The molecule has 0 amide bonds. The SMILES string of the molecule is COc1cc([C@H]2CC(=O)C3=C(C2)Nc2ccccc2N[C@H]3c2cc3c(cc2[N+](=O)[O-])OCO3)cc(OC)c1OC. The zero-order chi connectivity index (χ0) is 28.0. The van der Waals surface area contributed by atoms with Crippen LogP contribution in [0, 0.1) is 10.1 Å². The highest BCUT2D eigenvalue weighted by atomic mass is 16.7. The number of benzene rings is 3. The standard InChI is InChI=1S/C29H27N3O8/c1-36-25-10-16(11-26(37-2)29(25)38-3)15-8-20-27(22(33)9-15)28(31-19-7-5-4-6-18(19)30-20)17-12-23-24(40-14-39-23)13-21(17)32(34)35/h4-7,10-13,15,28,30-31H,8-9,14H2,1-3H3/t15-,28+/m1/s1. The molecular formula is C29H27N3O8. The van der Waals surface area contributed by atoms with E-state index in [0.717, 1.165) is 11.3 Å². The number of rotatable bonds is 6. The molecular weight excluding hydrogens is 518 g/mol. The molecule has 6 rings (SSSR count). The van der Waals surface area contributed by atoms with E-state index >= 15 is 0 Å². The van der Waals surface area contributed by atoms with Gasteiger partial charge in [-0.1, -0.05) is 12.1 Å². The van der Waals surface area contributed by atoms with Crippen LogP contribution in [0.25, 0.3) is 0 Å². The average molecular weight is 546 g/mol. The quantitative estimate of drug-likeness (QED) is 0.310. The molecule has 206 valence electrons. The van der Waals surface area contributed by atoms with Gasteiger partial charge in [0.2, 0.25) is 12.5 Å². The fourth-order valence-corrected chi connectivity index (χ4v) is 5.63. The third-order valence-electron chi connectivity index (χ3n) is 7.50. The van der Waals surface area contributed by atoms with Gasteiger partial charge in [-0.3, -0.25) is 14.9 Å². The number of fused-ring (bicyclic) bond motifs is 2. The molecule has 0 bridgehead atoms. The number of nitrogens with one attached hydrogen (secondary N) is 2. The van der Waals surface area contributed by atoms with Gasteiger partial charge in [-0.05, 0) is 48.2 Å². The van der Waals surface area contributed by atoms with Crippen molar-refractivity contribution < 1.29 is 33.4 Å². The second-order valence-corrected chi connectivity index (χ2v) is 9.65. The Morgan fingerprint density at radius 2 is 1.60 bits per heavy atom. The summed E-state index contributed by atoms with van der Waals surface area (Å²) in [4.78, 5) is 25.7. The zero-order valence-corrected chi connectivity index (χ0v) is 22.1. The van der Waals surface area contributed by atoms with Gasteiger partial charge < -0.3 is 34.3 Å². The van der Waals surface area contributed by atoms with E-state index in [1.807, 2.05) is 36.4 Å². The van der Waals surface area contributed by atoms with Crippen molar-refractivity contribution in [1.82, 2.24) is 0 Å². The normalized spacial score (nSPS) is 19.0. The van der Waals surface area contributed by atoms with Crippen LogP contribution in [0.4, 0.5) is 17.1 Å². The minimum absolute atomic E-state index is 0.0260. The predicted octanol–water partition coefficient (Wildman–Crippen LogP) is 5.33. The van der Waals surface area contributed by atoms with Gasteiger partial charge in [0, 0.05) is 17.7 Å². The molecule has 11 nitrogen and oxygen atoms in total. The van der Waals surface area contributed by atoms with Crippen molar-refractivity contribution >= 4 is 22.8 Å².